The lowest BCUT2D eigenvalue weighted by molar-refractivity contribution is 0.622. The Morgan fingerprint density at radius 1 is 1.50 bits per heavy atom. The molecule has 1 rings (SSSR count). The van der Waals surface area contributed by atoms with Gasteiger partial charge in [0.1, 0.15) is 5.82 Å². The molecule has 0 N–H and O–H groups in total. The van der Waals surface area contributed by atoms with Crippen molar-refractivity contribution >= 4 is 21.7 Å². The average molecular weight is 257 g/mol. The van der Waals surface area contributed by atoms with Crippen LogP contribution in [-0.4, -0.2) is 17.6 Å². The molecule has 0 aromatic carbocycles. The van der Waals surface area contributed by atoms with Gasteiger partial charge in [-0.05, 0) is 48.3 Å². The van der Waals surface area contributed by atoms with Gasteiger partial charge < -0.3 is 4.90 Å². The predicted octanol–water partition coefficient (Wildman–Crippen LogP) is 3.47. The van der Waals surface area contributed by atoms with Crippen molar-refractivity contribution in [2.24, 2.45) is 0 Å². The van der Waals surface area contributed by atoms with Gasteiger partial charge in [-0.1, -0.05) is 6.92 Å². The summed E-state index contributed by atoms with van der Waals surface area (Å²) in [5.74, 6) is 1.05. The summed E-state index contributed by atoms with van der Waals surface area (Å²) in [6.07, 6.45) is 2.97. The fourth-order valence-corrected chi connectivity index (χ4v) is 1.96. The Kier molecular flexibility index (Phi) is 4.39. The summed E-state index contributed by atoms with van der Waals surface area (Å²) in [7, 11) is 0. The van der Waals surface area contributed by atoms with Gasteiger partial charge in [0.05, 0.1) is 4.47 Å². The molecule has 2 nitrogen and oxygen atoms in total. The minimum atomic E-state index is 0.534. The molecule has 0 saturated carbocycles. The Hall–Kier alpha value is -0.570. The molecule has 0 aliphatic carbocycles. The van der Waals surface area contributed by atoms with E-state index in [4.69, 9.17) is 0 Å². The fourth-order valence-electron chi connectivity index (χ4n) is 1.48. The molecule has 0 aliphatic rings. The molecule has 0 radical (unpaired) electrons. The number of rotatable bonds is 4. The summed E-state index contributed by atoms with van der Waals surface area (Å²) in [4.78, 5) is 6.71. The Morgan fingerprint density at radius 3 is 2.71 bits per heavy atom. The Morgan fingerprint density at radius 2 is 2.21 bits per heavy atom. The quantitative estimate of drug-likeness (QED) is 0.821. The summed E-state index contributed by atoms with van der Waals surface area (Å²) in [5.41, 5.74) is 0. The molecule has 3 heteroatoms. The molecule has 0 spiro atoms. The molecule has 78 valence electrons. The molecule has 14 heavy (non-hydrogen) atoms. The van der Waals surface area contributed by atoms with E-state index >= 15 is 0 Å². The van der Waals surface area contributed by atoms with Crippen molar-refractivity contribution in [3.05, 3.63) is 22.8 Å². The summed E-state index contributed by atoms with van der Waals surface area (Å²) in [6.45, 7) is 7.58. The molecular weight excluding hydrogens is 240 g/mol. The number of nitrogens with zero attached hydrogens (tertiary/aromatic N) is 2. The maximum Gasteiger partial charge on any atom is 0.143 e. The van der Waals surface area contributed by atoms with E-state index in [0.717, 1.165) is 23.3 Å². The van der Waals surface area contributed by atoms with Crippen LogP contribution in [0.3, 0.4) is 0 Å². The van der Waals surface area contributed by atoms with Crippen molar-refractivity contribution in [3.8, 4) is 0 Å². The average Bonchev–Trinajstić information content (AvgIpc) is 2.21. The van der Waals surface area contributed by atoms with Crippen LogP contribution >= 0.6 is 15.9 Å². The Bertz CT molecular complexity index is 288. The highest BCUT2D eigenvalue weighted by Crippen LogP contribution is 2.24. The number of anilines is 1. The molecule has 0 saturated heterocycles. The lowest BCUT2D eigenvalue weighted by atomic mass is 10.2. The smallest absolute Gasteiger partial charge is 0.143 e. The molecule has 1 aromatic rings. The zero-order valence-corrected chi connectivity index (χ0v) is 10.6. The van der Waals surface area contributed by atoms with E-state index in [9.17, 15) is 0 Å². The van der Waals surface area contributed by atoms with Gasteiger partial charge in [-0.2, -0.15) is 0 Å². The van der Waals surface area contributed by atoms with Crippen molar-refractivity contribution in [1.82, 2.24) is 4.98 Å². The molecule has 0 amide bonds. The standard InChI is InChI=1S/C11H17BrN2/c1-4-9(3)14(5-2)11-10(12)7-6-8-13-11/h6-9H,4-5H2,1-3H3. The van der Waals surface area contributed by atoms with E-state index in [-0.39, 0.29) is 0 Å². The molecule has 0 bridgehead atoms. The second kappa shape index (κ2) is 5.35. The molecule has 0 aliphatic heterocycles. The van der Waals surface area contributed by atoms with Gasteiger partial charge >= 0.3 is 0 Å². The van der Waals surface area contributed by atoms with Crippen LogP contribution in [0.15, 0.2) is 22.8 Å². The van der Waals surface area contributed by atoms with Gasteiger partial charge in [0, 0.05) is 18.8 Å². The third-order valence-electron chi connectivity index (χ3n) is 2.47. The molecule has 1 unspecified atom stereocenters. The minimum Gasteiger partial charge on any atom is -0.353 e. The first kappa shape index (κ1) is 11.5. The van der Waals surface area contributed by atoms with E-state index in [1.54, 1.807) is 0 Å². The van der Waals surface area contributed by atoms with E-state index in [1.807, 2.05) is 18.3 Å². The fraction of sp³-hybridized carbons (Fsp3) is 0.545. The third kappa shape index (κ3) is 2.47. The maximum atomic E-state index is 4.40. The molecular formula is C11H17BrN2. The predicted molar refractivity (Wildman–Crippen MR) is 64.7 cm³/mol. The third-order valence-corrected chi connectivity index (χ3v) is 3.09. The van der Waals surface area contributed by atoms with Crippen LogP contribution in [0.1, 0.15) is 27.2 Å². The van der Waals surface area contributed by atoms with Crippen LogP contribution in [0.2, 0.25) is 0 Å². The number of pyridine rings is 1. The second-order valence-corrected chi connectivity index (χ2v) is 4.21. The van der Waals surface area contributed by atoms with Crippen LogP contribution in [0.25, 0.3) is 0 Å². The normalized spacial score (nSPS) is 12.6. The van der Waals surface area contributed by atoms with Crippen LogP contribution < -0.4 is 4.90 Å². The van der Waals surface area contributed by atoms with E-state index < -0.39 is 0 Å². The lowest BCUT2D eigenvalue weighted by Crippen LogP contribution is -2.33. The summed E-state index contributed by atoms with van der Waals surface area (Å²) in [5, 5.41) is 0. The van der Waals surface area contributed by atoms with E-state index in [1.165, 1.54) is 0 Å². The van der Waals surface area contributed by atoms with Gasteiger partial charge in [0.15, 0.2) is 0 Å². The monoisotopic (exact) mass is 256 g/mol. The topological polar surface area (TPSA) is 16.1 Å². The Balaban J connectivity index is 2.94. The first-order valence-corrected chi connectivity index (χ1v) is 5.87. The van der Waals surface area contributed by atoms with Crippen molar-refractivity contribution in [2.75, 3.05) is 11.4 Å². The zero-order chi connectivity index (χ0) is 10.6. The molecule has 1 aromatic heterocycles. The zero-order valence-electron chi connectivity index (χ0n) is 9.00. The largest absolute Gasteiger partial charge is 0.353 e. The maximum absolute atomic E-state index is 4.40. The number of hydrogen-bond acceptors (Lipinski definition) is 2. The highest BCUT2D eigenvalue weighted by Gasteiger charge is 2.14. The van der Waals surface area contributed by atoms with Crippen LogP contribution in [0.4, 0.5) is 5.82 Å². The SMILES string of the molecule is CCC(C)N(CC)c1ncccc1Br. The highest BCUT2D eigenvalue weighted by molar-refractivity contribution is 9.10. The van der Waals surface area contributed by atoms with Gasteiger partial charge in [-0.25, -0.2) is 4.98 Å². The van der Waals surface area contributed by atoms with Crippen LogP contribution in [-0.2, 0) is 0 Å². The Labute approximate surface area is 94.5 Å². The molecule has 0 fully saturated rings. The van der Waals surface area contributed by atoms with E-state index in [2.05, 4.69) is 46.6 Å². The van der Waals surface area contributed by atoms with E-state index in [0.29, 0.717) is 6.04 Å². The van der Waals surface area contributed by atoms with Crippen LogP contribution in [0.5, 0.6) is 0 Å². The summed E-state index contributed by atoms with van der Waals surface area (Å²) < 4.78 is 1.07. The van der Waals surface area contributed by atoms with Crippen molar-refractivity contribution in [1.29, 1.82) is 0 Å². The summed E-state index contributed by atoms with van der Waals surface area (Å²) in [6, 6.07) is 4.51. The van der Waals surface area contributed by atoms with Gasteiger partial charge in [0.25, 0.3) is 0 Å². The number of aromatic nitrogens is 1. The number of halogens is 1. The van der Waals surface area contributed by atoms with Crippen LogP contribution in [0, 0.1) is 0 Å². The molecule has 1 heterocycles. The second-order valence-electron chi connectivity index (χ2n) is 3.35. The van der Waals surface area contributed by atoms with Crippen molar-refractivity contribution in [2.45, 2.75) is 33.2 Å². The molecule has 1 atom stereocenters. The van der Waals surface area contributed by atoms with Crippen molar-refractivity contribution in [3.63, 3.8) is 0 Å². The first-order chi connectivity index (χ1) is 6.70. The van der Waals surface area contributed by atoms with Gasteiger partial charge in [-0.3, -0.25) is 0 Å². The first-order valence-electron chi connectivity index (χ1n) is 5.07. The summed E-state index contributed by atoms with van der Waals surface area (Å²) >= 11 is 3.53. The van der Waals surface area contributed by atoms with Gasteiger partial charge in [0.2, 0.25) is 0 Å². The number of hydrogen-bond donors (Lipinski definition) is 0. The van der Waals surface area contributed by atoms with Crippen molar-refractivity contribution < 1.29 is 0 Å². The van der Waals surface area contributed by atoms with Gasteiger partial charge in [-0.15, -0.1) is 0 Å². The lowest BCUT2D eigenvalue weighted by Gasteiger charge is -2.28. The highest BCUT2D eigenvalue weighted by atomic mass is 79.9. The minimum absolute atomic E-state index is 0.534.